The Balaban J connectivity index is 2.07. The minimum atomic E-state index is -0.188. The molecule has 64 valence electrons. The molecule has 1 saturated heterocycles. The Hall–Kier alpha value is -1.12. The molecule has 0 aromatic rings. The third-order valence-corrected chi connectivity index (χ3v) is 2.48. The van der Waals surface area contributed by atoms with Crippen molar-refractivity contribution in [2.24, 2.45) is 5.92 Å². The molecule has 0 unspecified atom stereocenters. The van der Waals surface area contributed by atoms with Gasteiger partial charge in [0, 0.05) is 5.57 Å². The molecule has 3 heteroatoms. The molecule has 0 aromatic heterocycles. The van der Waals surface area contributed by atoms with E-state index in [2.05, 4.69) is 5.32 Å². The standard InChI is InChI=1S/C9H11NO2/c11-8-5-7(9(12)10-8)4-6-2-1-3-6/h4,6H,1-3,5H2,(H,10,11,12). The van der Waals surface area contributed by atoms with Crippen LogP contribution in [0.5, 0.6) is 0 Å². The number of hydrogen-bond acceptors (Lipinski definition) is 2. The number of hydrogen-bond donors (Lipinski definition) is 1. The van der Waals surface area contributed by atoms with E-state index >= 15 is 0 Å². The minimum absolute atomic E-state index is 0.162. The summed E-state index contributed by atoms with van der Waals surface area (Å²) in [4.78, 5) is 21.8. The number of allylic oxidation sites excluding steroid dienone is 1. The molecule has 3 nitrogen and oxygen atoms in total. The highest BCUT2D eigenvalue weighted by atomic mass is 16.2. The number of carbonyl (C=O) groups excluding carboxylic acids is 2. The molecule has 2 fully saturated rings. The predicted molar refractivity (Wildman–Crippen MR) is 43.2 cm³/mol. The Kier molecular flexibility index (Phi) is 1.71. The largest absolute Gasteiger partial charge is 0.292 e. The van der Waals surface area contributed by atoms with Crippen LogP contribution in [0.1, 0.15) is 25.7 Å². The van der Waals surface area contributed by atoms with Crippen molar-refractivity contribution in [3.63, 3.8) is 0 Å². The van der Waals surface area contributed by atoms with Gasteiger partial charge in [-0.3, -0.25) is 14.9 Å². The lowest BCUT2D eigenvalue weighted by molar-refractivity contribution is -0.124. The second-order valence-electron chi connectivity index (χ2n) is 3.44. The first-order chi connectivity index (χ1) is 5.75. The highest BCUT2D eigenvalue weighted by Crippen LogP contribution is 2.29. The quantitative estimate of drug-likeness (QED) is 0.460. The van der Waals surface area contributed by atoms with Gasteiger partial charge in [-0.2, -0.15) is 0 Å². The number of carbonyl (C=O) groups is 2. The number of nitrogens with one attached hydrogen (secondary N) is 1. The molecule has 1 saturated carbocycles. The SMILES string of the molecule is O=C1CC(=CC2CCC2)C(=O)N1. The molecule has 2 amide bonds. The van der Waals surface area contributed by atoms with Crippen molar-refractivity contribution in [1.29, 1.82) is 0 Å². The summed E-state index contributed by atoms with van der Waals surface area (Å²) in [6.45, 7) is 0. The molecular weight excluding hydrogens is 154 g/mol. The summed E-state index contributed by atoms with van der Waals surface area (Å²) < 4.78 is 0. The molecule has 2 rings (SSSR count). The number of imide groups is 1. The third kappa shape index (κ3) is 1.26. The van der Waals surface area contributed by atoms with Crippen molar-refractivity contribution in [1.82, 2.24) is 5.32 Å². The lowest BCUT2D eigenvalue weighted by Crippen LogP contribution is -2.20. The van der Waals surface area contributed by atoms with Crippen LogP contribution in [0.15, 0.2) is 11.6 Å². The van der Waals surface area contributed by atoms with E-state index in [1.807, 2.05) is 6.08 Å². The van der Waals surface area contributed by atoms with E-state index in [-0.39, 0.29) is 18.2 Å². The summed E-state index contributed by atoms with van der Waals surface area (Å²) in [5, 5.41) is 2.27. The zero-order chi connectivity index (χ0) is 8.55. The van der Waals surface area contributed by atoms with Crippen LogP contribution < -0.4 is 5.32 Å². The van der Waals surface area contributed by atoms with Gasteiger partial charge in [0.15, 0.2) is 0 Å². The smallest absolute Gasteiger partial charge is 0.253 e. The van der Waals surface area contributed by atoms with E-state index in [1.54, 1.807) is 0 Å². The van der Waals surface area contributed by atoms with Crippen LogP contribution in [0.2, 0.25) is 0 Å². The van der Waals surface area contributed by atoms with Crippen LogP contribution in [0.25, 0.3) is 0 Å². The lowest BCUT2D eigenvalue weighted by atomic mass is 9.84. The predicted octanol–water partition coefficient (Wildman–Crippen LogP) is 0.759. The fraction of sp³-hybridized carbons (Fsp3) is 0.556. The monoisotopic (exact) mass is 165 g/mol. The van der Waals surface area contributed by atoms with Gasteiger partial charge in [0.1, 0.15) is 0 Å². The Morgan fingerprint density at radius 1 is 1.33 bits per heavy atom. The van der Waals surface area contributed by atoms with Crippen LogP contribution in [0.3, 0.4) is 0 Å². The molecule has 0 bridgehead atoms. The fourth-order valence-electron chi connectivity index (χ4n) is 1.53. The van der Waals surface area contributed by atoms with Gasteiger partial charge in [-0.05, 0) is 18.8 Å². The van der Waals surface area contributed by atoms with E-state index in [0.717, 1.165) is 0 Å². The molecule has 1 N–H and O–H groups in total. The van der Waals surface area contributed by atoms with Gasteiger partial charge in [-0.15, -0.1) is 0 Å². The molecule has 1 aliphatic carbocycles. The van der Waals surface area contributed by atoms with Gasteiger partial charge >= 0.3 is 0 Å². The Labute approximate surface area is 70.8 Å². The zero-order valence-corrected chi connectivity index (χ0v) is 6.80. The Morgan fingerprint density at radius 3 is 2.50 bits per heavy atom. The number of amides is 2. The van der Waals surface area contributed by atoms with Crippen molar-refractivity contribution in [3.05, 3.63) is 11.6 Å². The van der Waals surface area contributed by atoms with E-state index < -0.39 is 0 Å². The maximum atomic E-state index is 11.1. The molecule has 0 spiro atoms. The van der Waals surface area contributed by atoms with E-state index in [9.17, 15) is 9.59 Å². The summed E-state index contributed by atoms with van der Waals surface area (Å²) in [5.41, 5.74) is 0.671. The molecule has 1 heterocycles. The zero-order valence-electron chi connectivity index (χ0n) is 6.80. The van der Waals surface area contributed by atoms with Crippen LogP contribution >= 0.6 is 0 Å². The molecule has 1 aliphatic heterocycles. The summed E-state index contributed by atoms with van der Waals surface area (Å²) in [6.07, 6.45) is 5.85. The lowest BCUT2D eigenvalue weighted by Gasteiger charge is -2.21. The van der Waals surface area contributed by atoms with Gasteiger partial charge < -0.3 is 0 Å². The maximum Gasteiger partial charge on any atom is 0.253 e. The number of rotatable bonds is 1. The summed E-state index contributed by atoms with van der Waals surface area (Å²) in [6, 6.07) is 0. The van der Waals surface area contributed by atoms with Gasteiger partial charge in [0.2, 0.25) is 5.91 Å². The molecule has 0 aromatic carbocycles. The van der Waals surface area contributed by atoms with Gasteiger partial charge in [-0.1, -0.05) is 12.5 Å². The first kappa shape index (κ1) is 7.53. The highest BCUT2D eigenvalue weighted by molar-refractivity contribution is 6.13. The second-order valence-corrected chi connectivity index (χ2v) is 3.44. The van der Waals surface area contributed by atoms with Gasteiger partial charge in [0.05, 0.1) is 6.42 Å². The van der Waals surface area contributed by atoms with Crippen molar-refractivity contribution in [2.45, 2.75) is 25.7 Å². The molecular formula is C9H11NO2. The van der Waals surface area contributed by atoms with Crippen molar-refractivity contribution in [3.8, 4) is 0 Å². The molecule has 0 radical (unpaired) electrons. The van der Waals surface area contributed by atoms with Crippen LogP contribution in [0.4, 0.5) is 0 Å². The Bertz CT molecular complexity index is 264. The van der Waals surface area contributed by atoms with Crippen LogP contribution in [0, 0.1) is 5.92 Å². The van der Waals surface area contributed by atoms with Crippen LogP contribution in [-0.2, 0) is 9.59 Å². The summed E-state index contributed by atoms with van der Waals surface area (Å²) >= 11 is 0. The van der Waals surface area contributed by atoms with Crippen molar-refractivity contribution < 1.29 is 9.59 Å². The van der Waals surface area contributed by atoms with Crippen LogP contribution in [-0.4, -0.2) is 11.8 Å². The second kappa shape index (κ2) is 2.73. The maximum absolute atomic E-state index is 11.1. The Morgan fingerprint density at radius 2 is 2.08 bits per heavy atom. The van der Waals surface area contributed by atoms with Gasteiger partial charge in [-0.25, -0.2) is 0 Å². The minimum Gasteiger partial charge on any atom is -0.292 e. The summed E-state index contributed by atoms with van der Waals surface area (Å²) in [5.74, 6) is 0.203. The third-order valence-electron chi connectivity index (χ3n) is 2.48. The molecule has 12 heavy (non-hydrogen) atoms. The molecule has 2 aliphatic rings. The normalized spacial score (nSPS) is 27.5. The van der Waals surface area contributed by atoms with E-state index in [1.165, 1.54) is 19.3 Å². The van der Waals surface area contributed by atoms with E-state index in [0.29, 0.717) is 11.5 Å². The van der Waals surface area contributed by atoms with Crippen molar-refractivity contribution >= 4 is 11.8 Å². The molecule has 0 atom stereocenters. The first-order valence-electron chi connectivity index (χ1n) is 4.30. The van der Waals surface area contributed by atoms with E-state index in [4.69, 9.17) is 0 Å². The first-order valence-corrected chi connectivity index (χ1v) is 4.30. The van der Waals surface area contributed by atoms with Gasteiger partial charge in [0.25, 0.3) is 5.91 Å². The topological polar surface area (TPSA) is 46.2 Å². The average Bonchev–Trinajstić information content (AvgIpc) is 2.21. The fourth-order valence-corrected chi connectivity index (χ4v) is 1.53. The summed E-state index contributed by atoms with van der Waals surface area (Å²) in [7, 11) is 0. The highest BCUT2D eigenvalue weighted by Gasteiger charge is 2.26. The average molecular weight is 165 g/mol. The van der Waals surface area contributed by atoms with Crippen molar-refractivity contribution in [2.75, 3.05) is 0 Å².